The normalized spacial score (nSPS) is 11.2. The van der Waals surface area contributed by atoms with Crippen LogP contribution in [0.25, 0.3) is 0 Å². The van der Waals surface area contributed by atoms with Crippen molar-refractivity contribution in [2.45, 2.75) is 6.16 Å². The molecule has 2 heteroatoms. The molecular formula is C19H17PSe. The van der Waals surface area contributed by atoms with Crippen molar-refractivity contribution in [3.8, 4) is 0 Å². The van der Waals surface area contributed by atoms with Crippen LogP contribution in [0.1, 0.15) is 5.56 Å². The van der Waals surface area contributed by atoms with Crippen molar-refractivity contribution in [2.75, 3.05) is 0 Å². The molecule has 0 spiro atoms. The Hall–Kier alpha value is -1.39. The van der Waals surface area contributed by atoms with Crippen LogP contribution >= 0.6 is 5.51 Å². The Morgan fingerprint density at radius 1 is 0.571 bits per heavy atom. The average Bonchev–Trinajstić information content (AvgIpc) is 2.57. The van der Waals surface area contributed by atoms with E-state index in [9.17, 15) is 0 Å². The van der Waals surface area contributed by atoms with Crippen molar-refractivity contribution in [3.63, 3.8) is 0 Å². The molecular weight excluding hydrogens is 338 g/mol. The molecule has 0 aliphatic heterocycles. The Morgan fingerprint density at radius 3 is 1.38 bits per heavy atom. The van der Waals surface area contributed by atoms with Gasteiger partial charge in [-0.3, -0.25) is 0 Å². The maximum absolute atomic E-state index is 3.58. The zero-order chi connectivity index (χ0) is 14.5. The van der Waals surface area contributed by atoms with Gasteiger partial charge in [0.15, 0.2) is 0 Å². The molecule has 3 rings (SSSR count). The fraction of sp³-hybridized carbons (Fsp3) is 0.0526. The second kappa shape index (κ2) is 6.58. The Bertz CT molecular complexity index is 693. The van der Waals surface area contributed by atoms with Crippen LogP contribution in [0.3, 0.4) is 0 Å². The van der Waals surface area contributed by atoms with Crippen molar-refractivity contribution in [1.82, 2.24) is 0 Å². The summed E-state index contributed by atoms with van der Waals surface area (Å²) in [5.41, 5.74) is -0.135. The molecule has 104 valence electrons. The molecule has 0 nitrogen and oxygen atoms in total. The summed E-state index contributed by atoms with van der Waals surface area (Å²) in [6, 6.07) is 32.5. The summed E-state index contributed by atoms with van der Waals surface area (Å²) in [5, 5.41) is 2.83. The Kier molecular flexibility index (Phi) is 4.56. The van der Waals surface area contributed by atoms with E-state index in [2.05, 4.69) is 106 Å². The van der Waals surface area contributed by atoms with E-state index in [0.29, 0.717) is 0 Å². The predicted molar refractivity (Wildman–Crippen MR) is 95.0 cm³/mol. The molecule has 0 radical (unpaired) electrons. The van der Waals surface area contributed by atoms with Gasteiger partial charge in [0.05, 0.1) is 0 Å². The van der Waals surface area contributed by atoms with Crippen molar-refractivity contribution in [3.05, 3.63) is 96.6 Å². The standard InChI is InChI=1S/C19H17PSe/c21-20(18-12-6-2-7-13-18,19-14-8-3-9-15-19)16-17-10-4-1-5-11-17/h1-15H,16H2. The van der Waals surface area contributed by atoms with E-state index in [1.165, 1.54) is 16.2 Å². The van der Waals surface area contributed by atoms with Crippen LogP contribution in [0.2, 0.25) is 0 Å². The van der Waals surface area contributed by atoms with Crippen LogP contribution in [-0.4, -0.2) is 15.1 Å². The molecule has 0 atom stereocenters. The quantitative estimate of drug-likeness (QED) is 0.491. The van der Waals surface area contributed by atoms with Crippen LogP contribution in [-0.2, 0) is 6.16 Å². The van der Waals surface area contributed by atoms with Gasteiger partial charge in [0.2, 0.25) is 0 Å². The number of hydrogen-bond acceptors (Lipinski definition) is 0. The minimum absolute atomic E-state index is 1.06. The van der Waals surface area contributed by atoms with E-state index in [0.717, 1.165) is 6.16 Å². The molecule has 0 amide bonds. The van der Waals surface area contributed by atoms with Gasteiger partial charge < -0.3 is 0 Å². The molecule has 0 aliphatic carbocycles. The molecule has 0 saturated heterocycles. The van der Waals surface area contributed by atoms with Crippen LogP contribution in [0.5, 0.6) is 0 Å². The van der Waals surface area contributed by atoms with Gasteiger partial charge in [-0.1, -0.05) is 0 Å². The average molecular weight is 355 g/mol. The number of rotatable bonds is 4. The monoisotopic (exact) mass is 356 g/mol. The summed E-state index contributed by atoms with van der Waals surface area (Å²) in [6.45, 7) is 0. The first kappa shape index (κ1) is 14.5. The third kappa shape index (κ3) is 3.27. The van der Waals surface area contributed by atoms with Crippen LogP contribution in [0, 0.1) is 0 Å². The summed E-state index contributed by atoms with van der Waals surface area (Å²) in [4.78, 5) is 0. The molecule has 0 fully saturated rings. The molecule has 0 bridgehead atoms. The second-order valence-corrected chi connectivity index (χ2v) is 11.8. The molecule has 0 N–H and O–H groups in total. The van der Waals surface area contributed by atoms with Crippen molar-refractivity contribution in [1.29, 1.82) is 0 Å². The van der Waals surface area contributed by atoms with Crippen molar-refractivity contribution >= 4 is 31.2 Å². The van der Waals surface area contributed by atoms with Gasteiger partial charge in [-0.2, -0.15) is 0 Å². The third-order valence-corrected chi connectivity index (χ3v) is 10.1. The van der Waals surface area contributed by atoms with Gasteiger partial charge in [-0.25, -0.2) is 0 Å². The van der Waals surface area contributed by atoms with E-state index in [4.69, 9.17) is 0 Å². The van der Waals surface area contributed by atoms with E-state index < -0.39 is 5.51 Å². The van der Waals surface area contributed by atoms with Crippen LogP contribution in [0.15, 0.2) is 91.0 Å². The third-order valence-electron chi connectivity index (χ3n) is 3.59. The van der Waals surface area contributed by atoms with Gasteiger partial charge in [0, 0.05) is 0 Å². The second-order valence-electron chi connectivity index (χ2n) is 5.05. The molecule has 0 aliphatic rings. The zero-order valence-corrected chi connectivity index (χ0v) is 14.3. The van der Waals surface area contributed by atoms with Gasteiger partial charge in [0.1, 0.15) is 0 Å². The summed E-state index contributed by atoms with van der Waals surface area (Å²) in [7, 11) is 0. The summed E-state index contributed by atoms with van der Waals surface area (Å²) >= 11 is 3.58. The molecule has 0 unspecified atom stereocenters. The zero-order valence-electron chi connectivity index (χ0n) is 11.7. The van der Waals surface area contributed by atoms with Gasteiger partial charge in [-0.15, -0.1) is 0 Å². The van der Waals surface area contributed by atoms with E-state index in [1.54, 1.807) is 0 Å². The number of hydrogen-bond donors (Lipinski definition) is 0. The Morgan fingerprint density at radius 2 is 0.952 bits per heavy atom. The minimum atomic E-state index is -1.52. The Labute approximate surface area is 134 Å². The fourth-order valence-corrected chi connectivity index (χ4v) is 7.68. The SMILES string of the molecule is [Se]=P(Cc1ccccc1)(c1ccccc1)c1ccccc1. The summed E-state index contributed by atoms with van der Waals surface area (Å²) in [6.07, 6.45) is 1.06. The fourth-order valence-electron chi connectivity index (χ4n) is 2.51. The van der Waals surface area contributed by atoms with Gasteiger partial charge in [0.25, 0.3) is 0 Å². The predicted octanol–water partition coefficient (Wildman–Crippen LogP) is 3.94. The molecule has 0 aromatic heterocycles. The molecule has 3 aromatic carbocycles. The first-order valence-corrected chi connectivity index (χ1v) is 11.2. The summed E-state index contributed by atoms with van der Waals surface area (Å²) in [5.74, 6) is 0. The van der Waals surface area contributed by atoms with Gasteiger partial charge in [-0.05, 0) is 0 Å². The Balaban J connectivity index is 2.10. The molecule has 3 aromatic rings. The van der Waals surface area contributed by atoms with E-state index in [-0.39, 0.29) is 0 Å². The van der Waals surface area contributed by atoms with Crippen LogP contribution < -0.4 is 10.6 Å². The van der Waals surface area contributed by atoms with Crippen molar-refractivity contribution in [2.24, 2.45) is 0 Å². The molecule has 0 heterocycles. The summed E-state index contributed by atoms with van der Waals surface area (Å²) < 4.78 is 0. The van der Waals surface area contributed by atoms with Crippen molar-refractivity contribution < 1.29 is 0 Å². The number of benzene rings is 3. The first-order chi connectivity index (χ1) is 10.3. The van der Waals surface area contributed by atoms with Gasteiger partial charge >= 0.3 is 134 Å². The van der Waals surface area contributed by atoms with Crippen LogP contribution in [0.4, 0.5) is 0 Å². The molecule has 0 saturated carbocycles. The van der Waals surface area contributed by atoms with E-state index >= 15 is 0 Å². The van der Waals surface area contributed by atoms with E-state index in [1.807, 2.05) is 0 Å². The maximum atomic E-state index is 3.58. The topological polar surface area (TPSA) is 0 Å². The first-order valence-electron chi connectivity index (χ1n) is 7.03. The molecule has 21 heavy (non-hydrogen) atoms.